The molecule has 160 valence electrons. The molecule has 1 aliphatic rings. The number of piperazine rings is 1. The first-order chi connectivity index (χ1) is 14.3. The van der Waals surface area contributed by atoms with Crippen LogP contribution in [0.4, 0.5) is 8.78 Å². The molecule has 0 radical (unpaired) electrons. The Bertz CT molecular complexity index is 902. The molecule has 7 nitrogen and oxygen atoms in total. The lowest BCUT2D eigenvalue weighted by molar-refractivity contribution is -0.135. The number of benzene rings is 1. The second-order valence-electron chi connectivity index (χ2n) is 7.39. The Morgan fingerprint density at radius 3 is 2.10 bits per heavy atom. The van der Waals surface area contributed by atoms with Crippen molar-refractivity contribution < 1.29 is 27.6 Å². The van der Waals surface area contributed by atoms with Crippen LogP contribution in [0.15, 0.2) is 41.0 Å². The van der Waals surface area contributed by atoms with Crippen molar-refractivity contribution in [3.8, 4) is 0 Å². The third-order valence-electron chi connectivity index (χ3n) is 5.02. The van der Waals surface area contributed by atoms with Crippen LogP contribution in [-0.4, -0.2) is 59.7 Å². The van der Waals surface area contributed by atoms with E-state index in [-0.39, 0.29) is 36.6 Å². The van der Waals surface area contributed by atoms with Crippen LogP contribution < -0.4 is 5.32 Å². The number of carbonyl (C=O) groups is 3. The van der Waals surface area contributed by atoms with Gasteiger partial charge in [-0.05, 0) is 30.2 Å². The van der Waals surface area contributed by atoms with Crippen LogP contribution in [0.1, 0.15) is 34.8 Å². The van der Waals surface area contributed by atoms with Crippen LogP contribution in [0.3, 0.4) is 0 Å². The molecule has 1 fully saturated rings. The minimum absolute atomic E-state index is 0.231. The standard InChI is InChI=1S/C21H23F2N3O4/c1-13(2)18(24-19(27)17-14(22)5-3-6-15(17)23)21(29)26-10-8-25(9-11-26)20(28)16-7-4-12-30-16/h3-7,12-13,18H,8-11H2,1-2H3,(H,24,27). The highest BCUT2D eigenvalue weighted by atomic mass is 19.1. The number of nitrogens with zero attached hydrogens (tertiary/aromatic N) is 2. The number of hydrogen-bond donors (Lipinski definition) is 1. The quantitative estimate of drug-likeness (QED) is 0.806. The maximum Gasteiger partial charge on any atom is 0.289 e. The molecule has 1 saturated heterocycles. The molecule has 0 saturated carbocycles. The van der Waals surface area contributed by atoms with Gasteiger partial charge in [-0.25, -0.2) is 8.78 Å². The summed E-state index contributed by atoms with van der Waals surface area (Å²) >= 11 is 0. The van der Waals surface area contributed by atoms with Crippen LogP contribution in [0.2, 0.25) is 0 Å². The molecular formula is C21H23F2N3O4. The molecule has 3 amide bonds. The van der Waals surface area contributed by atoms with Gasteiger partial charge in [0, 0.05) is 26.2 Å². The average molecular weight is 419 g/mol. The number of hydrogen-bond acceptors (Lipinski definition) is 4. The summed E-state index contributed by atoms with van der Waals surface area (Å²) in [4.78, 5) is 40.9. The van der Waals surface area contributed by atoms with E-state index >= 15 is 0 Å². The average Bonchev–Trinajstić information content (AvgIpc) is 3.25. The van der Waals surface area contributed by atoms with Crippen molar-refractivity contribution >= 4 is 17.7 Å². The second-order valence-corrected chi connectivity index (χ2v) is 7.39. The van der Waals surface area contributed by atoms with Gasteiger partial charge in [-0.15, -0.1) is 0 Å². The molecule has 1 aromatic heterocycles. The third-order valence-corrected chi connectivity index (χ3v) is 5.02. The maximum absolute atomic E-state index is 13.9. The van der Waals surface area contributed by atoms with E-state index < -0.39 is 29.1 Å². The van der Waals surface area contributed by atoms with Gasteiger partial charge in [-0.1, -0.05) is 19.9 Å². The number of furan rings is 1. The lowest BCUT2D eigenvalue weighted by Crippen LogP contribution is -2.57. The van der Waals surface area contributed by atoms with Crippen LogP contribution in [0.25, 0.3) is 0 Å². The van der Waals surface area contributed by atoms with Crippen LogP contribution in [0.5, 0.6) is 0 Å². The fourth-order valence-electron chi connectivity index (χ4n) is 3.32. The SMILES string of the molecule is CC(C)C(NC(=O)c1c(F)cccc1F)C(=O)N1CCN(C(=O)c2ccco2)CC1. The first kappa shape index (κ1) is 21.5. The molecule has 1 atom stereocenters. The number of carbonyl (C=O) groups excluding carboxylic acids is 3. The van der Waals surface area contributed by atoms with E-state index in [2.05, 4.69) is 5.32 Å². The Morgan fingerprint density at radius 1 is 0.967 bits per heavy atom. The van der Waals surface area contributed by atoms with Gasteiger partial charge in [0.1, 0.15) is 23.2 Å². The first-order valence-corrected chi connectivity index (χ1v) is 9.66. The maximum atomic E-state index is 13.9. The van der Waals surface area contributed by atoms with E-state index in [1.807, 2.05) is 0 Å². The van der Waals surface area contributed by atoms with E-state index in [0.717, 1.165) is 18.2 Å². The Morgan fingerprint density at radius 2 is 1.57 bits per heavy atom. The van der Waals surface area contributed by atoms with Gasteiger partial charge in [-0.3, -0.25) is 14.4 Å². The predicted molar refractivity (Wildman–Crippen MR) is 104 cm³/mol. The highest BCUT2D eigenvalue weighted by Crippen LogP contribution is 2.16. The topological polar surface area (TPSA) is 82.9 Å². The smallest absolute Gasteiger partial charge is 0.289 e. The molecule has 2 heterocycles. The van der Waals surface area contributed by atoms with Crippen molar-refractivity contribution in [3.63, 3.8) is 0 Å². The molecule has 9 heteroatoms. The zero-order valence-corrected chi connectivity index (χ0v) is 16.7. The summed E-state index contributed by atoms with van der Waals surface area (Å²) in [6.45, 7) is 4.64. The summed E-state index contributed by atoms with van der Waals surface area (Å²) < 4.78 is 32.9. The molecule has 1 aliphatic heterocycles. The molecule has 0 spiro atoms. The van der Waals surface area contributed by atoms with E-state index in [9.17, 15) is 23.2 Å². The van der Waals surface area contributed by atoms with Crippen molar-refractivity contribution in [1.29, 1.82) is 0 Å². The van der Waals surface area contributed by atoms with Crippen molar-refractivity contribution in [1.82, 2.24) is 15.1 Å². The number of nitrogens with one attached hydrogen (secondary N) is 1. The predicted octanol–water partition coefficient (Wildman–Crippen LogP) is 2.30. The molecule has 1 N–H and O–H groups in total. The molecule has 30 heavy (non-hydrogen) atoms. The molecular weight excluding hydrogens is 396 g/mol. The fraction of sp³-hybridized carbons (Fsp3) is 0.381. The minimum Gasteiger partial charge on any atom is -0.459 e. The second kappa shape index (κ2) is 9.06. The summed E-state index contributed by atoms with van der Waals surface area (Å²) in [6, 6.07) is 5.38. The summed E-state index contributed by atoms with van der Waals surface area (Å²) in [5.41, 5.74) is -0.718. The van der Waals surface area contributed by atoms with Crippen molar-refractivity contribution in [3.05, 3.63) is 59.6 Å². The van der Waals surface area contributed by atoms with Crippen LogP contribution in [0, 0.1) is 17.6 Å². The van der Waals surface area contributed by atoms with Gasteiger partial charge in [0.05, 0.1) is 6.26 Å². The molecule has 0 bridgehead atoms. The first-order valence-electron chi connectivity index (χ1n) is 9.66. The van der Waals surface area contributed by atoms with Crippen molar-refractivity contribution in [2.75, 3.05) is 26.2 Å². The normalized spacial score (nSPS) is 15.2. The van der Waals surface area contributed by atoms with E-state index in [1.165, 1.54) is 11.2 Å². The van der Waals surface area contributed by atoms with Crippen LogP contribution >= 0.6 is 0 Å². The monoisotopic (exact) mass is 419 g/mol. The molecule has 2 aromatic rings. The van der Waals surface area contributed by atoms with E-state index in [0.29, 0.717) is 13.1 Å². The van der Waals surface area contributed by atoms with Gasteiger partial charge < -0.3 is 19.5 Å². The molecule has 1 unspecified atom stereocenters. The van der Waals surface area contributed by atoms with Gasteiger partial charge in [-0.2, -0.15) is 0 Å². The van der Waals surface area contributed by atoms with Crippen molar-refractivity contribution in [2.45, 2.75) is 19.9 Å². The van der Waals surface area contributed by atoms with Gasteiger partial charge >= 0.3 is 0 Å². The summed E-state index contributed by atoms with van der Waals surface area (Å²) in [5.74, 6) is -3.66. The number of halogens is 2. The summed E-state index contributed by atoms with van der Waals surface area (Å²) in [6.07, 6.45) is 1.42. The van der Waals surface area contributed by atoms with Crippen LogP contribution in [-0.2, 0) is 4.79 Å². The molecule has 3 rings (SSSR count). The van der Waals surface area contributed by atoms with Gasteiger partial charge in [0.15, 0.2) is 5.76 Å². The van der Waals surface area contributed by atoms with E-state index in [1.54, 1.807) is 30.9 Å². The minimum atomic E-state index is -0.993. The fourth-order valence-corrected chi connectivity index (χ4v) is 3.32. The van der Waals surface area contributed by atoms with Gasteiger partial charge in [0.25, 0.3) is 11.8 Å². The highest BCUT2D eigenvalue weighted by molar-refractivity contribution is 5.98. The lowest BCUT2D eigenvalue weighted by atomic mass is 10.0. The Kier molecular flexibility index (Phi) is 6.49. The number of amides is 3. The Hall–Kier alpha value is -3.23. The van der Waals surface area contributed by atoms with Crippen molar-refractivity contribution in [2.24, 2.45) is 5.92 Å². The third kappa shape index (κ3) is 4.50. The Labute approximate surface area is 172 Å². The Balaban J connectivity index is 1.65. The highest BCUT2D eigenvalue weighted by Gasteiger charge is 2.33. The lowest BCUT2D eigenvalue weighted by Gasteiger charge is -2.37. The molecule has 0 aliphatic carbocycles. The summed E-state index contributed by atoms with van der Waals surface area (Å²) in [7, 11) is 0. The zero-order chi connectivity index (χ0) is 21.8. The number of rotatable bonds is 5. The van der Waals surface area contributed by atoms with E-state index in [4.69, 9.17) is 4.42 Å². The van der Waals surface area contributed by atoms with Gasteiger partial charge in [0.2, 0.25) is 5.91 Å². The molecule has 1 aromatic carbocycles. The summed E-state index contributed by atoms with van der Waals surface area (Å²) in [5, 5.41) is 2.46. The largest absolute Gasteiger partial charge is 0.459 e. The zero-order valence-electron chi connectivity index (χ0n) is 16.7.